The van der Waals surface area contributed by atoms with E-state index >= 15 is 0 Å². The molecule has 0 aromatic heterocycles. The molecule has 0 amide bonds. The molecular formula is C30H28CuN2O4. The summed E-state index contributed by atoms with van der Waals surface area (Å²) in [7, 11) is 3.12. The van der Waals surface area contributed by atoms with Crippen molar-refractivity contribution in [2.75, 3.05) is 27.3 Å². The van der Waals surface area contributed by atoms with E-state index in [-0.39, 0.29) is 28.6 Å². The van der Waals surface area contributed by atoms with Crippen LogP contribution in [-0.2, 0) is 17.1 Å². The Morgan fingerprint density at radius 1 is 0.595 bits per heavy atom. The second-order valence-electron chi connectivity index (χ2n) is 7.96. The number of phenolic OH excluding ortho intramolecular Hbond substituents is 2. The monoisotopic (exact) mass is 543 g/mol. The summed E-state index contributed by atoms with van der Waals surface area (Å²) < 4.78 is 10.4. The normalized spacial score (nSPS) is 11.5. The summed E-state index contributed by atoms with van der Waals surface area (Å²) >= 11 is 0. The Morgan fingerprint density at radius 2 is 0.973 bits per heavy atom. The van der Waals surface area contributed by atoms with Crippen LogP contribution in [-0.4, -0.2) is 48.9 Å². The number of phenols is 2. The molecule has 0 heterocycles. The number of benzene rings is 4. The number of aromatic hydroxyl groups is 2. The third-order valence-electron chi connectivity index (χ3n) is 5.65. The molecule has 6 nitrogen and oxygen atoms in total. The molecule has 4 aromatic rings. The molecule has 7 heteroatoms. The molecule has 0 saturated carbocycles. The van der Waals surface area contributed by atoms with Gasteiger partial charge < -0.3 is 19.7 Å². The summed E-state index contributed by atoms with van der Waals surface area (Å²) in [6, 6.07) is 29.8. The van der Waals surface area contributed by atoms with E-state index in [0.29, 0.717) is 47.1 Å². The summed E-state index contributed by atoms with van der Waals surface area (Å²) in [5, 5.41) is 21.3. The maximum absolute atomic E-state index is 10.6. The predicted octanol–water partition coefficient (Wildman–Crippen LogP) is 5.49. The summed E-state index contributed by atoms with van der Waals surface area (Å²) in [4.78, 5) is 9.63. The van der Waals surface area contributed by atoms with E-state index in [1.165, 1.54) is 0 Å². The van der Waals surface area contributed by atoms with Gasteiger partial charge in [-0.05, 0) is 24.3 Å². The average molecular weight is 544 g/mol. The van der Waals surface area contributed by atoms with Crippen LogP contribution in [0, 0.1) is 0 Å². The van der Waals surface area contributed by atoms with E-state index in [9.17, 15) is 10.2 Å². The second kappa shape index (κ2) is 13.3. The molecule has 0 aliphatic carbocycles. The smallest absolute Gasteiger partial charge is 0.128 e. The second-order valence-corrected chi connectivity index (χ2v) is 7.96. The van der Waals surface area contributed by atoms with Crippen LogP contribution in [0.1, 0.15) is 22.3 Å². The van der Waals surface area contributed by atoms with Crippen molar-refractivity contribution in [3.8, 4) is 23.0 Å². The van der Waals surface area contributed by atoms with Gasteiger partial charge >= 0.3 is 0 Å². The molecule has 2 N–H and O–H groups in total. The van der Waals surface area contributed by atoms with E-state index in [1.54, 1.807) is 50.6 Å². The number of hydrogen-bond donors (Lipinski definition) is 2. The summed E-state index contributed by atoms with van der Waals surface area (Å²) in [5.41, 5.74) is 4.33. The zero-order valence-corrected chi connectivity index (χ0v) is 21.5. The van der Waals surface area contributed by atoms with Gasteiger partial charge in [-0.1, -0.05) is 60.7 Å². The average Bonchev–Trinajstić information content (AvgIpc) is 2.92. The quantitative estimate of drug-likeness (QED) is 0.166. The van der Waals surface area contributed by atoms with Crippen molar-refractivity contribution in [2.24, 2.45) is 9.98 Å². The molecule has 0 saturated heterocycles. The van der Waals surface area contributed by atoms with Crippen molar-refractivity contribution < 1.29 is 36.8 Å². The molecule has 0 aliphatic rings. The van der Waals surface area contributed by atoms with Gasteiger partial charge in [-0.2, -0.15) is 0 Å². The molecule has 0 aliphatic heterocycles. The van der Waals surface area contributed by atoms with Gasteiger partial charge in [0.2, 0.25) is 0 Å². The number of hydrogen-bond acceptors (Lipinski definition) is 6. The zero-order chi connectivity index (χ0) is 25.3. The number of aliphatic imine (C=N–C) groups is 2. The van der Waals surface area contributed by atoms with Crippen molar-refractivity contribution in [2.45, 2.75) is 0 Å². The van der Waals surface area contributed by atoms with E-state index in [0.717, 1.165) is 11.1 Å². The first-order chi connectivity index (χ1) is 17.6. The summed E-state index contributed by atoms with van der Waals surface area (Å²) in [6.45, 7) is 0.756. The Morgan fingerprint density at radius 3 is 1.30 bits per heavy atom. The number of rotatable bonds is 9. The minimum atomic E-state index is 0. The predicted molar refractivity (Wildman–Crippen MR) is 143 cm³/mol. The Labute approximate surface area is 227 Å². The first-order valence-electron chi connectivity index (χ1n) is 11.5. The number of nitrogens with zero attached hydrogens (tertiary/aromatic N) is 2. The fourth-order valence-corrected chi connectivity index (χ4v) is 3.86. The van der Waals surface area contributed by atoms with Crippen LogP contribution in [0.5, 0.6) is 23.0 Å². The van der Waals surface area contributed by atoms with Crippen molar-refractivity contribution >= 4 is 11.4 Å². The maximum atomic E-state index is 10.6. The Balaban J connectivity index is 0.00000380. The molecular weight excluding hydrogens is 516 g/mol. The molecule has 1 radical (unpaired) electrons. The third-order valence-corrected chi connectivity index (χ3v) is 5.65. The Hall–Kier alpha value is -4.06. The van der Waals surface area contributed by atoms with Crippen molar-refractivity contribution in [1.29, 1.82) is 0 Å². The molecule has 0 unspecified atom stereocenters. The first kappa shape index (κ1) is 27.5. The van der Waals surface area contributed by atoms with E-state index in [1.807, 2.05) is 60.7 Å². The van der Waals surface area contributed by atoms with Gasteiger partial charge in [-0.25, -0.2) is 0 Å². The standard InChI is InChI=1S/C30H28N2O4.Cu/c1-35-23-13-15-25(27(33)19-23)29(21-9-5-3-6-10-21)31-17-18-32-30(22-11-7-4-8-12-22)26-16-14-24(36-2)20-28(26)34;/h3-16,19-20,33-34H,17-18H2,1-2H3;. The minimum absolute atomic E-state index is 0. The zero-order valence-electron chi connectivity index (χ0n) is 20.6. The minimum Gasteiger partial charge on any atom is -0.507 e. The number of ether oxygens (including phenoxy) is 2. The number of methoxy groups -OCH3 is 2. The van der Waals surface area contributed by atoms with E-state index in [2.05, 4.69) is 0 Å². The molecule has 37 heavy (non-hydrogen) atoms. The van der Waals surface area contributed by atoms with E-state index in [4.69, 9.17) is 19.5 Å². The van der Waals surface area contributed by atoms with Gasteiger partial charge in [-0.3, -0.25) is 9.98 Å². The van der Waals surface area contributed by atoms with Gasteiger partial charge in [-0.15, -0.1) is 0 Å². The van der Waals surface area contributed by atoms with Gasteiger partial charge in [0.05, 0.1) is 38.7 Å². The summed E-state index contributed by atoms with van der Waals surface area (Å²) in [6.07, 6.45) is 0. The molecule has 0 bridgehead atoms. The largest absolute Gasteiger partial charge is 0.507 e. The topological polar surface area (TPSA) is 83.6 Å². The van der Waals surface area contributed by atoms with Crippen molar-refractivity contribution in [1.82, 2.24) is 0 Å². The molecule has 4 rings (SSSR count). The SMILES string of the molecule is COc1ccc(C(=NCCN=C(c2ccccc2)c2ccc(OC)cc2O)c2ccccc2)c(O)c1.[Cu]. The van der Waals surface area contributed by atoms with Crippen molar-refractivity contribution in [3.05, 3.63) is 119 Å². The van der Waals surface area contributed by atoms with Crippen LogP contribution in [0.2, 0.25) is 0 Å². The van der Waals surface area contributed by atoms with E-state index < -0.39 is 0 Å². The van der Waals surface area contributed by atoms with Gasteiger partial charge in [0.15, 0.2) is 0 Å². The van der Waals surface area contributed by atoms with Crippen LogP contribution in [0.25, 0.3) is 0 Å². The van der Waals surface area contributed by atoms with Crippen LogP contribution < -0.4 is 9.47 Å². The van der Waals surface area contributed by atoms with Gasteiger partial charge in [0.1, 0.15) is 23.0 Å². The van der Waals surface area contributed by atoms with Crippen molar-refractivity contribution in [3.63, 3.8) is 0 Å². The van der Waals surface area contributed by atoms with Crippen LogP contribution in [0.3, 0.4) is 0 Å². The fraction of sp³-hybridized carbons (Fsp3) is 0.133. The maximum Gasteiger partial charge on any atom is 0.128 e. The first-order valence-corrected chi connectivity index (χ1v) is 11.5. The van der Waals surface area contributed by atoms with Gasteiger partial charge in [0, 0.05) is 51.5 Å². The van der Waals surface area contributed by atoms with Crippen LogP contribution >= 0.6 is 0 Å². The molecule has 0 atom stereocenters. The van der Waals surface area contributed by atoms with Crippen LogP contribution in [0.15, 0.2) is 107 Å². The molecule has 193 valence electrons. The third kappa shape index (κ3) is 6.79. The van der Waals surface area contributed by atoms with Gasteiger partial charge in [0.25, 0.3) is 0 Å². The summed E-state index contributed by atoms with van der Waals surface area (Å²) in [5.74, 6) is 1.32. The van der Waals surface area contributed by atoms with Crippen LogP contribution in [0.4, 0.5) is 0 Å². The fourth-order valence-electron chi connectivity index (χ4n) is 3.86. The molecule has 4 aromatic carbocycles. The molecule has 0 spiro atoms. The Bertz CT molecular complexity index is 1270. The Kier molecular flexibility index (Phi) is 9.90. The molecule has 0 fully saturated rings.